The van der Waals surface area contributed by atoms with Gasteiger partial charge in [-0.05, 0) is 73.8 Å². The second-order valence-corrected chi connectivity index (χ2v) is 12.1. The quantitative estimate of drug-likeness (QED) is 0.156. The first-order chi connectivity index (χ1) is 19.3. The summed E-state index contributed by atoms with van der Waals surface area (Å²) in [5.41, 5.74) is 1.37. The van der Waals surface area contributed by atoms with Crippen LogP contribution >= 0.6 is 0 Å². The summed E-state index contributed by atoms with van der Waals surface area (Å²) in [7, 11) is 12.7. The highest BCUT2D eigenvalue weighted by molar-refractivity contribution is 5.14. The van der Waals surface area contributed by atoms with Crippen molar-refractivity contribution in [3.8, 4) is 0 Å². The fourth-order valence-corrected chi connectivity index (χ4v) is 4.57. The van der Waals surface area contributed by atoms with Gasteiger partial charge in [-0.3, -0.25) is 0 Å². The summed E-state index contributed by atoms with van der Waals surface area (Å²) in [5.74, 6) is 1.09. The van der Waals surface area contributed by atoms with E-state index in [0.717, 1.165) is 25.3 Å². The number of nitrogens with zero attached hydrogens (tertiary/aromatic N) is 4. The van der Waals surface area contributed by atoms with Crippen LogP contribution in [0.5, 0.6) is 0 Å². The van der Waals surface area contributed by atoms with Crippen LogP contribution in [0.3, 0.4) is 0 Å². The van der Waals surface area contributed by atoms with Crippen LogP contribution in [0.4, 0.5) is 0 Å². The van der Waals surface area contributed by atoms with Crippen LogP contribution in [-0.4, -0.2) is 80.0 Å². The summed E-state index contributed by atoms with van der Waals surface area (Å²) in [6.07, 6.45) is 26.2. The van der Waals surface area contributed by atoms with Gasteiger partial charge in [0.2, 0.25) is 0 Å². The summed E-state index contributed by atoms with van der Waals surface area (Å²) in [6.45, 7) is 5.71. The molecule has 0 spiro atoms. The van der Waals surface area contributed by atoms with Crippen molar-refractivity contribution in [2.45, 2.75) is 116 Å². The second kappa shape index (κ2) is 28.8. The molecule has 1 aromatic heterocycles. The number of aryl methyl sites for hydroxylation is 1. The Morgan fingerprint density at radius 2 is 1.05 bits per heavy atom. The molecule has 2 rings (SSSR count). The lowest BCUT2D eigenvalue weighted by Crippen LogP contribution is -2.13. The number of hydrogen-bond acceptors (Lipinski definition) is 4. The zero-order valence-corrected chi connectivity index (χ0v) is 27.8. The summed E-state index contributed by atoms with van der Waals surface area (Å²) >= 11 is 0. The maximum absolute atomic E-state index is 4.14. The molecule has 0 amide bonds. The van der Waals surface area contributed by atoms with Gasteiger partial charge in [-0.25, -0.2) is 4.98 Å². The lowest BCUT2D eigenvalue weighted by Gasteiger charge is -2.08. The van der Waals surface area contributed by atoms with Crippen molar-refractivity contribution in [3.05, 3.63) is 54.1 Å². The number of unbranched alkanes of at least 4 members (excludes halogenated alkanes) is 13. The predicted molar refractivity (Wildman–Crippen MR) is 178 cm³/mol. The molecule has 0 fully saturated rings. The molecule has 0 saturated carbocycles. The minimum Gasteiger partial charge on any atom is -0.349 e. The van der Waals surface area contributed by atoms with E-state index in [1.165, 1.54) is 108 Å². The molecule has 0 saturated heterocycles. The van der Waals surface area contributed by atoms with Crippen LogP contribution < -0.4 is 0 Å². The molecule has 1 heterocycles. The van der Waals surface area contributed by atoms with Crippen molar-refractivity contribution >= 4 is 0 Å². The Morgan fingerprint density at radius 3 is 1.48 bits per heavy atom. The monoisotopic (exact) mass is 558 g/mol. The van der Waals surface area contributed by atoms with Crippen molar-refractivity contribution in [2.75, 3.05) is 55.4 Å². The van der Waals surface area contributed by atoms with E-state index in [1.807, 2.05) is 12.3 Å². The topological polar surface area (TPSA) is 38.4 Å². The molecule has 0 atom stereocenters. The number of benzene rings is 1. The maximum Gasteiger partial charge on any atom is 0.106 e. The van der Waals surface area contributed by atoms with Crippen LogP contribution in [0, 0.1) is 0 Å². The maximum atomic E-state index is 4.14. The fourth-order valence-electron chi connectivity index (χ4n) is 4.57. The highest BCUT2D eigenvalue weighted by atomic mass is 15.1. The van der Waals surface area contributed by atoms with Crippen LogP contribution in [0.2, 0.25) is 0 Å². The molecule has 0 radical (unpaired) electrons. The normalized spacial score (nSPS) is 10.9. The van der Waals surface area contributed by atoms with E-state index in [0.29, 0.717) is 0 Å². The molecule has 1 aromatic carbocycles. The highest BCUT2D eigenvalue weighted by Crippen LogP contribution is 2.13. The van der Waals surface area contributed by atoms with E-state index in [4.69, 9.17) is 0 Å². The average Bonchev–Trinajstić information content (AvgIpc) is 3.43. The van der Waals surface area contributed by atoms with Crippen molar-refractivity contribution in [3.63, 3.8) is 0 Å². The van der Waals surface area contributed by atoms with Gasteiger partial charge >= 0.3 is 0 Å². The van der Waals surface area contributed by atoms with E-state index >= 15 is 0 Å². The molecule has 40 heavy (non-hydrogen) atoms. The summed E-state index contributed by atoms with van der Waals surface area (Å²) in [5, 5.41) is 0. The SMILES string of the molecule is CCCCCCCCCCCCCCCCN(C)C.CN(C)CCCc1ncc[nH]1.CN(C)Cc1ccccc1. The smallest absolute Gasteiger partial charge is 0.106 e. The van der Waals surface area contributed by atoms with Gasteiger partial charge in [0.25, 0.3) is 0 Å². The summed E-state index contributed by atoms with van der Waals surface area (Å²) in [6, 6.07) is 10.5. The number of aromatic amines is 1. The Bertz CT molecular complexity index is 713. The van der Waals surface area contributed by atoms with E-state index in [9.17, 15) is 0 Å². The number of hydrogen-bond donors (Lipinski definition) is 1. The van der Waals surface area contributed by atoms with Crippen molar-refractivity contribution < 1.29 is 0 Å². The van der Waals surface area contributed by atoms with Gasteiger partial charge < -0.3 is 19.7 Å². The fraction of sp³-hybridized carbons (Fsp3) is 0.743. The van der Waals surface area contributed by atoms with Gasteiger partial charge in [-0.2, -0.15) is 0 Å². The largest absolute Gasteiger partial charge is 0.349 e. The third kappa shape index (κ3) is 29.3. The van der Waals surface area contributed by atoms with E-state index in [-0.39, 0.29) is 0 Å². The molecule has 0 unspecified atom stereocenters. The van der Waals surface area contributed by atoms with Gasteiger partial charge in [0.15, 0.2) is 0 Å². The molecular weight excluding hydrogens is 490 g/mol. The standard InChI is InChI=1S/C18H39N.C9H13N.C8H15N3/c1-4-5-6-7-8-9-10-11-12-13-14-15-16-17-18-19(2)3;1-10(2)8-9-6-4-3-5-7-9;1-11(2)7-3-4-8-9-5-6-10-8/h4-18H2,1-3H3;3-7H,8H2,1-2H3;5-6H,3-4,7H2,1-2H3,(H,9,10). The molecule has 5 nitrogen and oxygen atoms in total. The van der Waals surface area contributed by atoms with E-state index in [1.54, 1.807) is 6.20 Å². The molecule has 2 aromatic rings. The summed E-state index contributed by atoms with van der Waals surface area (Å²) < 4.78 is 0. The number of imidazole rings is 1. The van der Waals surface area contributed by atoms with Crippen LogP contribution in [0.25, 0.3) is 0 Å². The van der Waals surface area contributed by atoms with E-state index in [2.05, 4.69) is 98.1 Å². The predicted octanol–water partition coefficient (Wildman–Crippen LogP) is 8.68. The average molecular weight is 558 g/mol. The molecule has 0 bridgehead atoms. The van der Waals surface area contributed by atoms with Crippen molar-refractivity contribution in [2.24, 2.45) is 0 Å². The van der Waals surface area contributed by atoms with Crippen molar-refractivity contribution in [1.29, 1.82) is 0 Å². The van der Waals surface area contributed by atoms with Gasteiger partial charge in [0.05, 0.1) is 0 Å². The number of rotatable bonds is 21. The Hall–Kier alpha value is -1.69. The highest BCUT2D eigenvalue weighted by Gasteiger charge is 1.96. The van der Waals surface area contributed by atoms with Crippen LogP contribution in [0.15, 0.2) is 42.7 Å². The molecule has 0 aliphatic rings. The number of H-pyrrole nitrogens is 1. The number of aromatic nitrogens is 2. The Morgan fingerprint density at radius 1 is 0.575 bits per heavy atom. The molecule has 232 valence electrons. The minimum absolute atomic E-state index is 1.03. The Balaban J connectivity index is 0.000000612. The zero-order valence-electron chi connectivity index (χ0n) is 27.8. The van der Waals surface area contributed by atoms with Crippen LogP contribution in [0.1, 0.15) is 115 Å². The summed E-state index contributed by atoms with van der Waals surface area (Å²) in [4.78, 5) is 13.9. The van der Waals surface area contributed by atoms with Gasteiger partial charge in [-0.15, -0.1) is 0 Å². The first kappa shape index (κ1) is 38.3. The Kier molecular flexibility index (Phi) is 27.6. The molecule has 5 heteroatoms. The molecule has 0 aliphatic carbocycles. The molecule has 1 N–H and O–H groups in total. The minimum atomic E-state index is 1.03. The zero-order chi connectivity index (χ0) is 29.7. The van der Waals surface area contributed by atoms with Crippen molar-refractivity contribution in [1.82, 2.24) is 24.7 Å². The first-order valence-corrected chi connectivity index (χ1v) is 16.3. The lowest BCUT2D eigenvalue weighted by atomic mass is 10.0. The first-order valence-electron chi connectivity index (χ1n) is 16.3. The van der Waals surface area contributed by atoms with Gasteiger partial charge in [-0.1, -0.05) is 121 Å². The molecular formula is C35H67N5. The van der Waals surface area contributed by atoms with Gasteiger partial charge in [0, 0.05) is 25.4 Å². The third-order valence-corrected chi connectivity index (χ3v) is 6.87. The van der Waals surface area contributed by atoms with E-state index < -0.39 is 0 Å². The third-order valence-electron chi connectivity index (χ3n) is 6.87. The molecule has 0 aliphatic heterocycles. The lowest BCUT2D eigenvalue weighted by molar-refractivity contribution is 0.389. The van der Waals surface area contributed by atoms with Gasteiger partial charge in [0.1, 0.15) is 5.82 Å². The van der Waals surface area contributed by atoms with Crippen LogP contribution in [-0.2, 0) is 13.0 Å². The Labute approximate surface area is 250 Å². The second-order valence-electron chi connectivity index (χ2n) is 12.1. The number of nitrogens with one attached hydrogen (secondary N) is 1.